The van der Waals surface area contributed by atoms with Crippen LogP contribution in [0, 0.1) is 22.7 Å². The van der Waals surface area contributed by atoms with Crippen molar-refractivity contribution < 1.29 is 13.2 Å². The monoisotopic (exact) mass is 252 g/mol. The number of hydrogen-bond donors (Lipinski definition) is 0. The van der Waals surface area contributed by atoms with E-state index in [0.717, 1.165) is 17.1 Å². The fraction of sp³-hybridized carbons (Fsp3) is 0.182. The largest absolute Gasteiger partial charge is 0.416 e. The molecule has 18 heavy (non-hydrogen) atoms. The zero-order valence-electron chi connectivity index (χ0n) is 9.23. The van der Waals surface area contributed by atoms with Crippen LogP contribution >= 0.6 is 0 Å². The number of nitriles is 2. The van der Waals surface area contributed by atoms with Gasteiger partial charge in [-0.25, -0.2) is 0 Å². The normalized spacial score (nSPS) is 10.1. The zero-order valence-corrected chi connectivity index (χ0v) is 9.23. The summed E-state index contributed by atoms with van der Waals surface area (Å²) in [6.45, 7) is 0. The van der Waals surface area contributed by atoms with E-state index in [9.17, 15) is 13.2 Å². The molecule has 0 spiro atoms. The summed E-state index contributed by atoms with van der Waals surface area (Å²) >= 11 is 0. The maximum atomic E-state index is 12.3. The van der Waals surface area contributed by atoms with Crippen LogP contribution in [-0.4, -0.2) is 12.8 Å². The van der Waals surface area contributed by atoms with Crippen molar-refractivity contribution in [2.45, 2.75) is 6.18 Å². The van der Waals surface area contributed by atoms with Gasteiger partial charge in [0.2, 0.25) is 5.71 Å². The van der Waals surface area contributed by atoms with Gasteiger partial charge in [0.05, 0.1) is 11.3 Å². The average molecular weight is 252 g/mol. The molecule has 0 heterocycles. The van der Waals surface area contributed by atoms with Crippen molar-refractivity contribution in [3.05, 3.63) is 29.8 Å². The molecule has 0 amide bonds. The minimum Gasteiger partial charge on any atom is -0.267 e. The molecule has 0 atom stereocenters. The molecule has 1 rings (SSSR count). The second-order valence-electron chi connectivity index (χ2n) is 3.24. The van der Waals surface area contributed by atoms with Gasteiger partial charge in [-0.3, -0.25) is 5.01 Å². The van der Waals surface area contributed by atoms with E-state index in [4.69, 9.17) is 10.5 Å². The molecular weight excluding hydrogens is 245 g/mol. The van der Waals surface area contributed by atoms with Gasteiger partial charge in [0, 0.05) is 7.05 Å². The van der Waals surface area contributed by atoms with Crippen LogP contribution in [-0.2, 0) is 6.18 Å². The van der Waals surface area contributed by atoms with E-state index in [2.05, 4.69) is 5.10 Å². The molecule has 0 aliphatic carbocycles. The van der Waals surface area contributed by atoms with Gasteiger partial charge in [0.1, 0.15) is 12.1 Å². The lowest BCUT2D eigenvalue weighted by atomic mass is 10.2. The van der Waals surface area contributed by atoms with Crippen molar-refractivity contribution in [3.8, 4) is 12.1 Å². The van der Waals surface area contributed by atoms with E-state index in [1.54, 1.807) is 12.1 Å². The first-order valence-electron chi connectivity index (χ1n) is 4.68. The highest BCUT2D eigenvalue weighted by Crippen LogP contribution is 2.30. The molecule has 0 radical (unpaired) electrons. The first-order valence-corrected chi connectivity index (χ1v) is 4.68. The molecule has 0 saturated carbocycles. The highest BCUT2D eigenvalue weighted by atomic mass is 19.4. The number of halogens is 3. The Morgan fingerprint density at radius 3 is 2.06 bits per heavy atom. The standard InChI is InChI=1S/C11H7F3N4/c1-18(17-9(6-15)7-16)10-4-2-8(3-5-10)11(12,13)14/h2-5H,1H3. The SMILES string of the molecule is CN(N=C(C#N)C#N)c1ccc(C(F)(F)F)cc1. The Morgan fingerprint density at radius 2 is 1.67 bits per heavy atom. The lowest BCUT2D eigenvalue weighted by molar-refractivity contribution is -0.137. The van der Waals surface area contributed by atoms with E-state index < -0.39 is 11.7 Å². The van der Waals surface area contributed by atoms with E-state index in [0.29, 0.717) is 5.69 Å². The average Bonchev–Trinajstić information content (AvgIpc) is 2.34. The predicted molar refractivity (Wildman–Crippen MR) is 58.5 cm³/mol. The molecule has 7 heteroatoms. The third kappa shape index (κ3) is 3.22. The van der Waals surface area contributed by atoms with E-state index in [1.807, 2.05) is 0 Å². The first kappa shape index (κ1) is 13.5. The smallest absolute Gasteiger partial charge is 0.267 e. The van der Waals surface area contributed by atoms with Crippen molar-refractivity contribution in [3.63, 3.8) is 0 Å². The fourth-order valence-corrected chi connectivity index (χ4v) is 1.14. The topological polar surface area (TPSA) is 63.2 Å². The lowest BCUT2D eigenvalue weighted by Gasteiger charge is -2.13. The van der Waals surface area contributed by atoms with Gasteiger partial charge in [-0.1, -0.05) is 0 Å². The van der Waals surface area contributed by atoms with Crippen molar-refractivity contribution in [2.75, 3.05) is 12.1 Å². The molecule has 0 unspecified atom stereocenters. The number of hydrogen-bond acceptors (Lipinski definition) is 4. The summed E-state index contributed by atoms with van der Waals surface area (Å²) in [5, 5.41) is 21.8. The lowest BCUT2D eigenvalue weighted by Crippen LogP contribution is -2.12. The Kier molecular flexibility index (Phi) is 3.90. The van der Waals surface area contributed by atoms with Crippen molar-refractivity contribution in [1.29, 1.82) is 10.5 Å². The Bertz CT molecular complexity index is 515. The molecule has 4 nitrogen and oxygen atoms in total. The summed E-state index contributed by atoms with van der Waals surface area (Å²) in [7, 11) is 1.43. The molecule has 0 N–H and O–H groups in total. The summed E-state index contributed by atoms with van der Waals surface area (Å²) in [4.78, 5) is 0. The molecule has 1 aromatic carbocycles. The third-order valence-corrected chi connectivity index (χ3v) is 2.03. The van der Waals surface area contributed by atoms with Gasteiger partial charge in [-0.2, -0.15) is 28.8 Å². The molecule has 1 aromatic rings. The summed E-state index contributed by atoms with van der Waals surface area (Å²) in [6.07, 6.45) is -4.40. The minimum atomic E-state index is -4.40. The number of nitrogens with zero attached hydrogens (tertiary/aromatic N) is 4. The first-order chi connectivity index (χ1) is 8.38. The van der Waals surface area contributed by atoms with Crippen molar-refractivity contribution >= 4 is 11.4 Å². The van der Waals surface area contributed by atoms with Crippen molar-refractivity contribution in [2.24, 2.45) is 5.10 Å². The fourth-order valence-electron chi connectivity index (χ4n) is 1.14. The molecule has 92 valence electrons. The molecule has 0 bridgehead atoms. The van der Waals surface area contributed by atoms with Gasteiger partial charge >= 0.3 is 6.18 Å². The second kappa shape index (κ2) is 5.19. The van der Waals surface area contributed by atoms with Gasteiger partial charge in [-0.15, -0.1) is 0 Å². The zero-order chi connectivity index (χ0) is 13.8. The number of rotatable bonds is 2. The molecular formula is C11H7F3N4. The molecule has 0 aliphatic rings. The quantitative estimate of drug-likeness (QED) is 0.600. The van der Waals surface area contributed by atoms with Crippen LogP contribution in [0.15, 0.2) is 29.4 Å². The van der Waals surface area contributed by atoms with Crippen LogP contribution in [0.25, 0.3) is 0 Å². The summed E-state index contributed by atoms with van der Waals surface area (Å²) in [5.41, 5.74) is -0.812. The Hall–Kier alpha value is -2.54. The van der Waals surface area contributed by atoms with Gasteiger partial charge < -0.3 is 0 Å². The van der Waals surface area contributed by atoms with Crippen molar-refractivity contribution in [1.82, 2.24) is 0 Å². The van der Waals surface area contributed by atoms with Crippen LogP contribution in [0.5, 0.6) is 0 Å². The molecule has 0 aliphatic heterocycles. The maximum absolute atomic E-state index is 12.3. The summed E-state index contributed by atoms with van der Waals surface area (Å²) in [6, 6.07) is 7.33. The number of anilines is 1. The van der Waals surface area contributed by atoms with E-state index >= 15 is 0 Å². The number of hydrazone groups is 1. The minimum absolute atomic E-state index is 0.339. The Balaban J connectivity index is 2.98. The molecule has 0 fully saturated rings. The van der Waals surface area contributed by atoms with Crippen LogP contribution in [0.1, 0.15) is 5.56 Å². The number of alkyl halides is 3. The maximum Gasteiger partial charge on any atom is 0.416 e. The molecule has 0 saturated heterocycles. The van der Waals surface area contributed by atoms with Crippen LogP contribution in [0.2, 0.25) is 0 Å². The highest BCUT2D eigenvalue weighted by molar-refractivity contribution is 6.10. The van der Waals surface area contributed by atoms with Crippen LogP contribution < -0.4 is 5.01 Å². The summed E-state index contributed by atoms with van der Waals surface area (Å²) < 4.78 is 36.9. The predicted octanol–water partition coefficient (Wildman–Crippen LogP) is 2.54. The van der Waals surface area contributed by atoms with Gasteiger partial charge in [0.15, 0.2) is 0 Å². The van der Waals surface area contributed by atoms with Gasteiger partial charge in [-0.05, 0) is 24.3 Å². The second-order valence-corrected chi connectivity index (χ2v) is 3.24. The van der Waals surface area contributed by atoms with Crippen LogP contribution in [0.4, 0.5) is 18.9 Å². The van der Waals surface area contributed by atoms with Crippen LogP contribution in [0.3, 0.4) is 0 Å². The molecule has 0 aromatic heterocycles. The summed E-state index contributed by atoms with van der Waals surface area (Å²) in [5.74, 6) is 0. The Labute approximate surface area is 101 Å². The third-order valence-electron chi connectivity index (χ3n) is 2.03. The highest BCUT2D eigenvalue weighted by Gasteiger charge is 2.30. The van der Waals surface area contributed by atoms with E-state index in [1.165, 1.54) is 19.2 Å². The number of benzene rings is 1. The Morgan fingerprint density at radius 1 is 1.17 bits per heavy atom. The van der Waals surface area contributed by atoms with Gasteiger partial charge in [0.25, 0.3) is 0 Å². The van der Waals surface area contributed by atoms with E-state index in [-0.39, 0.29) is 5.71 Å².